The van der Waals surface area contributed by atoms with Gasteiger partial charge in [0.25, 0.3) is 0 Å². The van der Waals surface area contributed by atoms with Gasteiger partial charge in [-0.2, -0.15) is 0 Å². The van der Waals surface area contributed by atoms with Crippen molar-refractivity contribution in [2.45, 2.75) is 6.67 Å². The second-order valence-corrected chi connectivity index (χ2v) is 1.99. The van der Waals surface area contributed by atoms with Gasteiger partial charge in [-0.05, 0) is 11.1 Å². The summed E-state index contributed by atoms with van der Waals surface area (Å²) >= 11 is 0. The minimum atomic E-state index is -0.490. The minimum absolute atomic E-state index is 0.490. The highest BCUT2D eigenvalue weighted by Crippen LogP contribution is 2.13. The van der Waals surface area contributed by atoms with Gasteiger partial charge < -0.3 is 0 Å². The van der Waals surface area contributed by atoms with E-state index in [9.17, 15) is 4.39 Å². The standard InChI is InChI=1S/C7H6FN3/c8-5-6-1-3-7(4-2-6)10-11-9/h1-4H,5H2. The molecule has 0 saturated heterocycles. The van der Waals surface area contributed by atoms with E-state index in [1.165, 1.54) is 0 Å². The first-order valence-corrected chi connectivity index (χ1v) is 3.07. The summed E-state index contributed by atoms with van der Waals surface area (Å²) in [5.41, 5.74) is 9.12. The summed E-state index contributed by atoms with van der Waals surface area (Å²) in [5, 5.41) is 3.34. The van der Waals surface area contributed by atoms with Crippen LogP contribution in [0.4, 0.5) is 10.1 Å². The lowest BCUT2D eigenvalue weighted by Gasteiger charge is -1.92. The van der Waals surface area contributed by atoms with Crippen LogP contribution in [0.15, 0.2) is 29.4 Å². The van der Waals surface area contributed by atoms with Gasteiger partial charge in [0, 0.05) is 10.6 Å². The fourth-order valence-electron chi connectivity index (χ4n) is 0.703. The van der Waals surface area contributed by atoms with Crippen molar-refractivity contribution < 1.29 is 4.39 Å². The number of azide groups is 1. The Bertz CT molecular complexity index is 274. The zero-order valence-electron chi connectivity index (χ0n) is 5.74. The van der Waals surface area contributed by atoms with Crippen molar-refractivity contribution in [2.75, 3.05) is 0 Å². The molecule has 3 nitrogen and oxygen atoms in total. The molecule has 0 saturated carbocycles. The number of benzene rings is 1. The average Bonchev–Trinajstić information content (AvgIpc) is 2.07. The van der Waals surface area contributed by atoms with Crippen LogP contribution in [0.1, 0.15) is 5.56 Å². The molecule has 11 heavy (non-hydrogen) atoms. The van der Waals surface area contributed by atoms with Gasteiger partial charge in [0.1, 0.15) is 6.67 Å². The summed E-state index contributed by atoms with van der Waals surface area (Å²) in [5.74, 6) is 0. The molecule has 56 valence electrons. The van der Waals surface area contributed by atoms with Crippen molar-refractivity contribution in [3.05, 3.63) is 40.3 Å². The Morgan fingerprint density at radius 3 is 2.45 bits per heavy atom. The first kappa shape index (κ1) is 7.57. The first-order chi connectivity index (χ1) is 5.36. The van der Waals surface area contributed by atoms with E-state index in [1.807, 2.05) is 0 Å². The van der Waals surface area contributed by atoms with Crippen LogP contribution in [0.25, 0.3) is 10.4 Å². The normalized spacial score (nSPS) is 8.82. The molecule has 0 bridgehead atoms. The molecule has 1 aromatic carbocycles. The third-order valence-corrected chi connectivity index (χ3v) is 1.25. The zero-order valence-corrected chi connectivity index (χ0v) is 5.74. The van der Waals surface area contributed by atoms with Crippen LogP contribution in [0.2, 0.25) is 0 Å². The molecule has 0 amide bonds. The van der Waals surface area contributed by atoms with Crippen LogP contribution < -0.4 is 0 Å². The molecule has 0 aliphatic rings. The highest BCUT2D eigenvalue weighted by molar-refractivity contribution is 5.38. The van der Waals surface area contributed by atoms with E-state index in [4.69, 9.17) is 5.53 Å². The second-order valence-electron chi connectivity index (χ2n) is 1.99. The van der Waals surface area contributed by atoms with Crippen LogP contribution in [0, 0.1) is 0 Å². The molecule has 1 rings (SSSR count). The van der Waals surface area contributed by atoms with E-state index in [2.05, 4.69) is 10.0 Å². The monoisotopic (exact) mass is 151 g/mol. The highest BCUT2D eigenvalue weighted by atomic mass is 19.1. The lowest BCUT2D eigenvalue weighted by atomic mass is 10.2. The molecule has 0 aliphatic heterocycles. The Morgan fingerprint density at radius 2 is 2.00 bits per heavy atom. The van der Waals surface area contributed by atoms with E-state index >= 15 is 0 Å². The van der Waals surface area contributed by atoms with Crippen LogP contribution in [0.3, 0.4) is 0 Å². The largest absolute Gasteiger partial charge is 0.246 e. The average molecular weight is 151 g/mol. The van der Waals surface area contributed by atoms with Crippen LogP contribution >= 0.6 is 0 Å². The lowest BCUT2D eigenvalue weighted by molar-refractivity contribution is 0.485. The van der Waals surface area contributed by atoms with Crippen molar-refractivity contribution >= 4 is 5.69 Å². The van der Waals surface area contributed by atoms with Gasteiger partial charge in [0.2, 0.25) is 0 Å². The molecular formula is C7H6FN3. The van der Waals surface area contributed by atoms with Gasteiger partial charge in [0.15, 0.2) is 0 Å². The van der Waals surface area contributed by atoms with Crippen molar-refractivity contribution in [2.24, 2.45) is 5.11 Å². The number of hydrogen-bond donors (Lipinski definition) is 0. The van der Waals surface area contributed by atoms with Gasteiger partial charge >= 0.3 is 0 Å². The number of halogens is 1. The van der Waals surface area contributed by atoms with Gasteiger partial charge in [-0.15, -0.1) is 0 Å². The number of alkyl halides is 1. The van der Waals surface area contributed by atoms with Crippen molar-refractivity contribution in [3.63, 3.8) is 0 Å². The maximum atomic E-state index is 11.9. The SMILES string of the molecule is [N-]=[N+]=Nc1ccc(CF)cc1. The van der Waals surface area contributed by atoms with Crippen LogP contribution in [-0.4, -0.2) is 0 Å². The third-order valence-electron chi connectivity index (χ3n) is 1.25. The van der Waals surface area contributed by atoms with Gasteiger partial charge in [0.05, 0.1) is 0 Å². The van der Waals surface area contributed by atoms with E-state index in [0.29, 0.717) is 11.3 Å². The van der Waals surface area contributed by atoms with Crippen LogP contribution in [-0.2, 0) is 6.67 Å². The van der Waals surface area contributed by atoms with E-state index in [-0.39, 0.29) is 0 Å². The Labute approximate surface area is 63.1 Å². The van der Waals surface area contributed by atoms with E-state index < -0.39 is 6.67 Å². The van der Waals surface area contributed by atoms with Crippen molar-refractivity contribution in [3.8, 4) is 0 Å². The second kappa shape index (κ2) is 3.58. The van der Waals surface area contributed by atoms with E-state index in [1.54, 1.807) is 24.3 Å². The van der Waals surface area contributed by atoms with E-state index in [0.717, 1.165) is 0 Å². The number of hydrogen-bond acceptors (Lipinski definition) is 1. The molecule has 0 heterocycles. The number of nitrogens with zero attached hydrogens (tertiary/aromatic N) is 3. The Balaban J connectivity index is 2.91. The Morgan fingerprint density at radius 1 is 1.36 bits per heavy atom. The first-order valence-electron chi connectivity index (χ1n) is 3.07. The Hall–Kier alpha value is -1.54. The molecular weight excluding hydrogens is 145 g/mol. The summed E-state index contributed by atoms with van der Waals surface area (Å²) in [4.78, 5) is 2.59. The fourth-order valence-corrected chi connectivity index (χ4v) is 0.703. The predicted molar refractivity (Wildman–Crippen MR) is 40.1 cm³/mol. The van der Waals surface area contributed by atoms with Crippen molar-refractivity contribution in [1.82, 2.24) is 0 Å². The van der Waals surface area contributed by atoms with Gasteiger partial charge in [-0.3, -0.25) is 0 Å². The summed E-state index contributed by atoms with van der Waals surface area (Å²) < 4.78 is 11.9. The summed E-state index contributed by atoms with van der Waals surface area (Å²) in [7, 11) is 0. The highest BCUT2D eigenvalue weighted by Gasteiger charge is 1.89. The molecule has 0 radical (unpaired) electrons. The fraction of sp³-hybridized carbons (Fsp3) is 0.143. The molecule has 1 aromatic rings. The molecule has 0 aliphatic carbocycles. The maximum Gasteiger partial charge on any atom is 0.115 e. The van der Waals surface area contributed by atoms with Gasteiger partial charge in [-0.25, -0.2) is 4.39 Å². The molecule has 0 unspecified atom stereocenters. The smallest absolute Gasteiger partial charge is 0.115 e. The van der Waals surface area contributed by atoms with Gasteiger partial charge in [-0.1, -0.05) is 29.4 Å². The third kappa shape index (κ3) is 1.95. The molecule has 4 heteroatoms. The van der Waals surface area contributed by atoms with Crippen molar-refractivity contribution in [1.29, 1.82) is 0 Å². The molecule has 0 spiro atoms. The quantitative estimate of drug-likeness (QED) is 0.354. The molecule has 0 fully saturated rings. The molecule has 0 N–H and O–H groups in total. The predicted octanol–water partition coefficient (Wildman–Crippen LogP) is 3.10. The zero-order chi connectivity index (χ0) is 8.10. The molecule has 0 atom stereocenters. The topological polar surface area (TPSA) is 48.8 Å². The Kier molecular flexibility index (Phi) is 2.47. The lowest BCUT2D eigenvalue weighted by Crippen LogP contribution is -1.74. The maximum absolute atomic E-state index is 11.9. The summed E-state index contributed by atoms with van der Waals surface area (Å²) in [6, 6.07) is 6.33. The number of rotatable bonds is 2. The van der Waals surface area contributed by atoms with Crippen LogP contribution in [0.5, 0.6) is 0 Å². The summed E-state index contributed by atoms with van der Waals surface area (Å²) in [6.07, 6.45) is 0. The molecule has 0 aromatic heterocycles. The minimum Gasteiger partial charge on any atom is -0.246 e. The summed E-state index contributed by atoms with van der Waals surface area (Å²) in [6.45, 7) is -0.490.